The quantitative estimate of drug-likeness (QED) is 0.413. The van der Waals surface area contributed by atoms with E-state index in [0.29, 0.717) is 34.2 Å². The van der Waals surface area contributed by atoms with Crippen molar-refractivity contribution in [3.05, 3.63) is 46.1 Å². The zero-order chi connectivity index (χ0) is 19.9. The van der Waals surface area contributed by atoms with Crippen LogP contribution in [0.15, 0.2) is 45.7 Å². The van der Waals surface area contributed by atoms with E-state index in [1.807, 2.05) is 30.5 Å². The van der Waals surface area contributed by atoms with Crippen LogP contribution in [0.4, 0.5) is 5.69 Å². The molecule has 0 unspecified atom stereocenters. The van der Waals surface area contributed by atoms with Crippen molar-refractivity contribution in [2.75, 3.05) is 17.7 Å². The maximum atomic E-state index is 12.7. The molecule has 28 heavy (non-hydrogen) atoms. The van der Waals surface area contributed by atoms with E-state index in [-0.39, 0.29) is 17.2 Å². The van der Waals surface area contributed by atoms with Crippen LogP contribution in [0.25, 0.3) is 10.2 Å². The van der Waals surface area contributed by atoms with Gasteiger partial charge in [-0.2, -0.15) is 0 Å². The van der Waals surface area contributed by atoms with Gasteiger partial charge in [-0.05, 0) is 49.1 Å². The molecule has 2 aromatic heterocycles. The summed E-state index contributed by atoms with van der Waals surface area (Å²) in [6.07, 6.45) is 1.88. The number of anilines is 1. The number of benzene rings is 1. The van der Waals surface area contributed by atoms with Gasteiger partial charge in [0, 0.05) is 12.2 Å². The van der Waals surface area contributed by atoms with Crippen molar-refractivity contribution in [1.29, 1.82) is 0 Å². The Morgan fingerprint density at radius 3 is 2.75 bits per heavy atom. The minimum absolute atomic E-state index is 0.0251. The molecule has 3 aromatic rings. The first kappa shape index (κ1) is 20.4. The number of aromatic nitrogens is 2. The first-order valence-electron chi connectivity index (χ1n) is 9.26. The lowest BCUT2D eigenvalue weighted by atomic mass is 10.3. The van der Waals surface area contributed by atoms with E-state index < -0.39 is 0 Å². The van der Waals surface area contributed by atoms with Crippen molar-refractivity contribution in [3.63, 3.8) is 0 Å². The number of thioether (sulfide) groups is 1. The zero-order valence-corrected chi connectivity index (χ0v) is 17.6. The number of nitrogens with zero attached hydrogens (tertiary/aromatic N) is 2. The molecule has 0 bridgehead atoms. The van der Waals surface area contributed by atoms with Crippen LogP contribution in [0.1, 0.15) is 26.7 Å². The summed E-state index contributed by atoms with van der Waals surface area (Å²) >= 11 is 2.69. The third-order valence-corrected chi connectivity index (χ3v) is 5.92. The van der Waals surface area contributed by atoms with Gasteiger partial charge in [-0.1, -0.05) is 25.1 Å². The van der Waals surface area contributed by atoms with Gasteiger partial charge in [0.1, 0.15) is 10.4 Å². The highest BCUT2D eigenvalue weighted by Crippen LogP contribution is 2.22. The Balaban J connectivity index is 1.69. The minimum Gasteiger partial charge on any atom is -0.494 e. The van der Waals surface area contributed by atoms with E-state index in [2.05, 4.69) is 17.2 Å². The van der Waals surface area contributed by atoms with Crippen LogP contribution in [0.5, 0.6) is 5.75 Å². The molecule has 0 aliphatic carbocycles. The van der Waals surface area contributed by atoms with Gasteiger partial charge in [0.25, 0.3) is 5.56 Å². The van der Waals surface area contributed by atoms with Crippen LogP contribution in [0.3, 0.4) is 0 Å². The van der Waals surface area contributed by atoms with Gasteiger partial charge < -0.3 is 10.1 Å². The van der Waals surface area contributed by atoms with Crippen molar-refractivity contribution in [1.82, 2.24) is 9.55 Å². The number of unbranched alkanes of at least 4 members (excludes halogenated alkanes) is 1. The lowest BCUT2D eigenvalue weighted by Gasteiger charge is -2.11. The number of carbonyl (C=O) groups excluding carboxylic acids is 1. The Kier molecular flexibility index (Phi) is 7.11. The second-order valence-electron chi connectivity index (χ2n) is 6.13. The van der Waals surface area contributed by atoms with E-state index in [1.54, 1.807) is 16.7 Å². The number of thiophene rings is 1. The third kappa shape index (κ3) is 4.94. The van der Waals surface area contributed by atoms with E-state index in [4.69, 9.17) is 4.74 Å². The molecule has 6 nitrogen and oxygen atoms in total. The molecule has 148 valence electrons. The Hall–Kier alpha value is -2.32. The Bertz CT molecular complexity index is 996. The van der Waals surface area contributed by atoms with Crippen LogP contribution in [-0.4, -0.2) is 27.8 Å². The number of nitrogens with one attached hydrogen (secondary N) is 1. The van der Waals surface area contributed by atoms with Crippen LogP contribution in [0.2, 0.25) is 0 Å². The van der Waals surface area contributed by atoms with Gasteiger partial charge in [0.15, 0.2) is 5.16 Å². The van der Waals surface area contributed by atoms with Crippen molar-refractivity contribution in [3.8, 4) is 5.75 Å². The third-order valence-electron chi connectivity index (χ3n) is 4.05. The summed E-state index contributed by atoms with van der Waals surface area (Å²) < 4.78 is 7.76. The monoisotopic (exact) mass is 417 g/mol. The van der Waals surface area contributed by atoms with E-state index in [1.165, 1.54) is 23.1 Å². The number of carbonyl (C=O) groups is 1. The molecule has 0 aliphatic rings. The summed E-state index contributed by atoms with van der Waals surface area (Å²) in [5.74, 6) is 0.806. The van der Waals surface area contributed by atoms with Crippen LogP contribution in [-0.2, 0) is 11.3 Å². The predicted octanol–water partition coefficient (Wildman–Crippen LogP) is 4.39. The molecule has 8 heteroatoms. The lowest BCUT2D eigenvalue weighted by molar-refractivity contribution is -0.113. The highest BCUT2D eigenvalue weighted by molar-refractivity contribution is 7.99. The largest absolute Gasteiger partial charge is 0.494 e. The average Bonchev–Trinajstić information content (AvgIpc) is 3.16. The van der Waals surface area contributed by atoms with Crippen molar-refractivity contribution >= 4 is 44.9 Å². The maximum absolute atomic E-state index is 12.7. The lowest BCUT2D eigenvalue weighted by Crippen LogP contribution is -2.23. The predicted molar refractivity (Wildman–Crippen MR) is 116 cm³/mol. The van der Waals surface area contributed by atoms with Crippen LogP contribution < -0.4 is 15.6 Å². The second-order valence-corrected chi connectivity index (χ2v) is 7.99. The molecular weight excluding hydrogens is 394 g/mol. The summed E-state index contributed by atoms with van der Waals surface area (Å²) in [6.45, 7) is 5.22. The van der Waals surface area contributed by atoms with E-state index in [0.717, 1.165) is 18.6 Å². The average molecular weight is 418 g/mol. The summed E-state index contributed by atoms with van der Waals surface area (Å²) in [5.41, 5.74) is 1.37. The van der Waals surface area contributed by atoms with Crippen molar-refractivity contribution < 1.29 is 9.53 Å². The van der Waals surface area contributed by atoms with Gasteiger partial charge in [-0.15, -0.1) is 11.3 Å². The number of fused-ring (bicyclic) bond motifs is 1. The maximum Gasteiger partial charge on any atom is 0.272 e. The SMILES string of the molecule is CCCCn1c(SCC(=O)Nc2ccc(OCC)cc2)nc2ccsc2c1=O. The fraction of sp³-hybridized carbons (Fsp3) is 0.350. The zero-order valence-electron chi connectivity index (χ0n) is 15.9. The summed E-state index contributed by atoms with van der Waals surface area (Å²) in [5, 5.41) is 5.32. The van der Waals surface area contributed by atoms with Gasteiger partial charge in [-0.25, -0.2) is 4.98 Å². The summed E-state index contributed by atoms with van der Waals surface area (Å²) in [6, 6.07) is 9.10. The summed E-state index contributed by atoms with van der Waals surface area (Å²) in [4.78, 5) is 29.7. The van der Waals surface area contributed by atoms with Gasteiger partial charge in [0.2, 0.25) is 5.91 Å². The Labute approximate surface area is 171 Å². The fourth-order valence-electron chi connectivity index (χ4n) is 2.68. The van der Waals surface area contributed by atoms with Gasteiger partial charge in [-0.3, -0.25) is 14.2 Å². The number of amides is 1. The van der Waals surface area contributed by atoms with Crippen molar-refractivity contribution in [2.45, 2.75) is 38.4 Å². The van der Waals surface area contributed by atoms with Crippen molar-refractivity contribution in [2.24, 2.45) is 0 Å². The minimum atomic E-state index is -0.143. The van der Waals surface area contributed by atoms with Gasteiger partial charge in [0.05, 0.1) is 17.9 Å². The fourth-order valence-corrected chi connectivity index (χ4v) is 4.28. The Morgan fingerprint density at radius 2 is 2.04 bits per heavy atom. The topological polar surface area (TPSA) is 73.2 Å². The number of hydrogen-bond acceptors (Lipinski definition) is 6. The molecule has 1 aromatic carbocycles. The molecule has 0 saturated heterocycles. The Morgan fingerprint density at radius 1 is 1.25 bits per heavy atom. The molecule has 0 saturated carbocycles. The van der Waals surface area contributed by atoms with Gasteiger partial charge >= 0.3 is 0 Å². The molecule has 0 fully saturated rings. The molecule has 0 aliphatic heterocycles. The molecule has 0 spiro atoms. The molecule has 1 N–H and O–H groups in total. The molecule has 0 radical (unpaired) electrons. The second kappa shape index (κ2) is 9.75. The highest BCUT2D eigenvalue weighted by atomic mass is 32.2. The molecule has 3 rings (SSSR count). The first-order valence-corrected chi connectivity index (χ1v) is 11.1. The highest BCUT2D eigenvalue weighted by Gasteiger charge is 2.14. The molecule has 1 amide bonds. The van der Waals surface area contributed by atoms with E-state index >= 15 is 0 Å². The first-order chi connectivity index (χ1) is 13.6. The number of hydrogen-bond donors (Lipinski definition) is 1. The standard InChI is InChI=1S/C20H23N3O3S2/c1-3-5-11-23-19(25)18-16(10-12-27-18)22-20(23)28-13-17(24)21-14-6-8-15(9-7-14)26-4-2/h6-10,12H,3-5,11,13H2,1-2H3,(H,21,24). The van der Waals surface area contributed by atoms with Crippen LogP contribution >= 0.6 is 23.1 Å². The smallest absolute Gasteiger partial charge is 0.272 e. The van der Waals surface area contributed by atoms with E-state index in [9.17, 15) is 9.59 Å². The number of ether oxygens (including phenoxy) is 1. The molecular formula is C20H23N3O3S2. The summed E-state index contributed by atoms with van der Waals surface area (Å²) in [7, 11) is 0. The molecule has 0 atom stereocenters. The normalized spacial score (nSPS) is 10.9. The van der Waals surface area contributed by atoms with Crippen LogP contribution in [0, 0.1) is 0 Å². The molecule has 2 heterocycles. The number of rotatable bonds is 9.